The van der Waals surface area contributed by atoms with Gasteiger partial charge in [0, 0.05) is 5.56 Å². The Morgan fingerprint density at radius 1 is 0.900 bits per heavy atom. The van der Waals surface area contributed by atoms with Crippen molar-refractivity contribution < 1.29 is 13.2 Å². The normalized spacial score (nSPS) is 13.6. The van der Waals surface area contributed by atoms with E-state index in [-0.39, 0.29) is 15.5 Å². The molecule has 0 heterocycles. The number of hydrogen-bond donors (Lipinski definition) is 1. The quantitative estimate of drug-likeness (QED) is 0.341. The first kappa shape index (κ1) is 22.8. The second-order valence-corrected chi connectivity index (χ2v) is 9.72. The first-order valence-electron chi connectivity index (χ1n) is 8.96. The molecule has 0 radical (unpaired) electrons. The molecule has 8 heteroatoms. The molecule has 0 bridgehead atoms. The van der Waals surface area contributed by atoms with Crippen molar-refractivity contribution in [3.05, 3.63) is 99.5 Å². The van der Waals surface area contributed by atoms with Crippen LogP contribution >= 0.6 is 34.8 Å². The number of carbonyl (C=O) groups excluding carboxylic acids is 1. The molecule has 0 fully saturated rings. The van der Waals surface area contributed by atoms with Crippen LogP contribution in [0.2, 0.25) is 10.0 Å². The van der Waals surface area contributed by atoms with E-state index in [4.69, 9.17) is 34.8 Å². The molecule has 0 aliphatic rings. The predicted molar refractivity (Wildman–Crippen MR) is 121 cm³/mol. The summed E-state index contributed by atoms with van der Waals surface area (Å²) in [4.78, 5) is 13.1. The molecule has 0 aliphatic heterocycles. The molecule has 0 amide bonds. The van der Waals surface area contributed by atoms with Crippen LogP contribution in [0, 0.1) is 6.92 Å². The van der Waals surface area contributed by atoms with Gasteiger partial charge >= 0.3 is 0 Å². The Balaban J connectivity index is 1.97. The summed E-state index contributed by atoms with van der Waals surface area (Å²) in [5, 5.41) is -0.702. The molecule has 0 aromatic heterocycles. The molecule has 0 spiro atoms. The molecule has 4 nitrogen and oxygen atoms in total. The number of carbonyl (C=O) groups is 1. The first-order valence-corrected chi connectivity index (χ1v) is 11.6. The number of aryl methyl sites for hydroxylation is 1. The highest BCUT2D eigenvalue weighted by Crippen LogP contribution is 2.29. The van der Waals surface area contributed by atoms with Crippen LogP contribution in [-0.4, -0.2) is 19.6 Å². The number of nitrogens with one attached hydrogen (secondary N) is 1. The summed E-state index contributed by atoms with van der Waals surface area (Å²) in [5.74, 6) is -0.476. The topological polar surface area (TPSA) is 63.2 Å². The molecular weight excluding hydrogens is 465 g/mol. The number of Topliss-reactive ketones (excluding diaryl/α,β-unsaturated/α-hetero) is 1. The maximum Gasteiger partial charge on any atom is 0.241 e. The predicted octanol–water partition coefficient (Wildman–Crippen LogP) is 5.81. The zero-order chi connectivity index (χ0) is 21.9. The van der Waals surface area contributed by atoms with Gasteiger partial charge in [0.15, 0.2) is 5.78 Å². The average Bonchev–Trinajstić information content (AvgIpc) is 2.74. The highest BCUT2D eigenvalue weighted by atomic mass is 35.5. The number of ketones is 1. The van der Waals surface area contributed by atoms with Crippen LogP contribution in [0.5, 0.6) is 0 Å². The fourth-order valence-corrected chi connectivity index (χ4v) is 4.81. The van der Waals surface area contributed by atoms with Crippen molar-refractivity contribution in [3.8, 4) is 0 Å². The Labute approximate surface area is 190 Å². The molecule has 156 valence electrons. The third-order valence-corrected chi connectivity index (χ3v) is 7.17. The van der Waals surface area contributed by atoms with Gasteiger partial charge in [0.2, 0.25) is 10.0 Å². The van der Waals surface area contributed by atoms with E-state index in [0.717, 1.165) is 5.56 Å². The Hall–Kier alpha value is -1.89. The first-order chi connectivity index (χ1) is 14.2. The molecule has 0 saturated heterocycles. The second-order valence-electron chi connectivity index (χ2n) is 6.72. The van der Waals surface area contributed by atoms with Crippen molar-refractivity contribution in [1.29, 1.82) is 0 Å². The standard InChI is InChI=1S/C22H18Cl3NO3S/c1-14-7-10-17(11-8-14)30(28,29)26-21(15-5-3-2-4-6-15)20(25)22(27)16-9-12-18(23)19(24)13-16/h2-13,20-21,26H,1H3/t20-,21-/m1/s1. The van der Waals surface area contributed by atoms with Crippen LogP contribution < -0.4 is 4.72 Å². The third-order valence-electron chi connectivity index (χ3n) is 4.52. The molecule has 0 aliphatic carbocycles. The van der Waals surface area contributed by atoms with Gasteiger partial charge in [0.05, 0.1) is 21.0 Å². The van der Waals surface area contributed by atoms with Crippen molar-refractivity contribution in [2.45, 2.75) is 23.2 Å². The van der Waals surface area contributed by atoms with Crippen molar-refractivity contribution in [2.24, 2.45) is 0 Å². The minimum atomic E-state index is -3.93. The van der Waals surface area contributed by atoms with E-state index in [9.17, 15) is 13.2 Å². The lowest BCUT2D eigenvalue weighted by Crippen LogP contribution is -2.37. The van der Waals surface area contributed by atoms with Gasteiger partial charge in [0.25, 0.3) is 0 Å². The molecule has 1 N–H and O–H groups in total. The molecule has 3 aromatic rings. The van der Waals surface area contributed by atoms with Crippen LogP contribution in [-0.2, 0) is 10.0 Å². The van der Waals surface area contributed by atoms with Gasteiger partial charge in [-0.1, -0.05) is 71.2 Å². The van der Waals surface area contributed by atoms with Gasteiger partial charge in [0.1, 0.15) is 5.38 Å². The van der Waals surface area contributed by atoms with Crippen LogP contribution in [0.4, 0.5) is 0 Å². The van der Waals surface area contributed by atoms with Crippen LogP contribution in [0.25, 0.3) is 0 Å². The number of halogens is 3. The zero-order valence-corrected chi connectivity index (χ0v) is 18.9. The number of benzene rings is 3. The smallest absolute Gasteiger partial charge is 0.241 e. The molecule has 0 saturated carbocycles. The summed E-state index contributed by atoms with van der Waals surface area (Å²) in [6.45, 7) is 1.86. The maximum absolute atomic E-state index is 13.0. The van der Waals surface area contributed by atoms with E-state index in [1.807, 2.05) is 6.92 Å². The van der Waals surface area contributed by atoms with E-state index in [1.54, 1.807) is 42.5 Å². The minimum absolute atomic E-state index is 0.0832. The largest absolute Gasteiger partial charge is 0.292 e. The summed E-state index contributed by atoms with van der Waals surface area (Å²) in [6.07, 6.45) is 0. The Kier molecular flexibility index (Phi) is 7.22. The summed E-state index contributed by atoms with van der Waals surface area (Å²) in [6, 6.07) is 18.5. The number of hydrogen-bond acceptors (Lipinski definition) is 3. The van der Waals surface area contributed by atoms with Crippen molar-refractivity contribution >= 4 is 50.6 Å². The van der Waals surface area contributed by atoms with Crippen LogP contribution in [0.15, 0.2) is 77.7 Å². The van der Waals surface area contributed by atoms with E-state index in [2.05, 4.69) is 4.72 Å². The summed E-state index contributed by atoms with van der Waals surface area (Å²) >= 11 is 18.5. The highest BCUT2D eigenvalue weighted by Gasteiger charge is 2.32. The van der Waals surface area contributed by atoms with Crippen molar-refractivity contribution in [3.63, 3.8) is 0 Å². The number of alkyl halides is 1. The Morgan fingerprint density at radius 3 is 2.13 bits per heavy atom. The van der Waals surface area contributed by atoms with Gasteiger partial charge in [-0.15, -0.1) is 11.6 Å². The van der Waals surface area contributed by atoms with Gasteiger partial charge in [-0.3, -0.25) is 4.79 Å². The lowest BCUT2D eigenvalue weighted by molar-refractivity contribution is 0.0977. The molecule has 3 rings (SSSR count). The molecule has 30 heavy (non-hydrogen) atoms. The molecule has 2 atom stereocenters. The second kappa shape index (κ2) is 9.50. The summed E-state index contributed by atoms with van der Waals surface area (Å²) in [5.41, 5.74) is 1.72. The average molecular weight is 483 g/mol. The molecule has 3 aromatic carbocycles. The monoisotopic (exact) mass is 481 g/mol. The van der Waals surface area contributed by atoms with E-state index in [0.29, 0.717) is 10.6 Å². The van der Waals surface area contributed by atoms with E-state index < -0.39 is 27.2 Å². The Bertz CT molecular complexity index is 1150. The van der Waals surface area contributed by atoms with E-state index >= 15 is 0 Å². The summed E-state index contributed by atoms with van der Waals surface area (Å²) < 4.78 is 28.5. The van der Waals surface area contributed by atoms with Gasteiger partial charge in [-0.05, 0) is 42.8 Å². The Morgan fingerprint density at radius 2 is 1.53 bits per heavy atom. The van der Waals surface area contributed by atoms with Gasteiger partial charge in [-0.2, -0.15) is 0 Å². The van der Waals surface area contributed by atoms with Crippen molar-refractivity contribution in [2.75, 3.05) is 0 Å². The van der Waals surface area contributed by atoms with Gasteiger partial charge in [-0.25, -0.2) is 13.1 Å². The van der Waals surface area contributed by atoms with Crippen molar-refractivity contribution in [1.82, 2.24) is 4.72 Å². The lowest BCUT2D eigenvalue weighted by atomic mass is 9.98. The zero-order valence-electron chi connectivity index (χ0n) is 15.8. The maximum atomic E-state index is 13.0. The fourth-order valence-electron chi connectivity index (χ4n) is 2.87. The third kappa shape index (κ3) is 5.23. The number of rotatable bonds is 7. The van der Waals surface area contributed by atoms with Crippen LogP contribution in [0.1, 0.15) is 27.5 Å². The lowest BCUT2D eigenvalue weighted by Gasteiger charge is -2.23. The molecular formula is C22H18Cl3NO3S. The molecule has 0 unspecified atom stereocenters. The summed E-state index contributed by atoms with van der Waals surface area (Å²) in [7, 11) is -3.93. The fraction of sp³-hybridized carbons (Fsp3) is 0.136. The minimum Gasteiger partial charge on any atom is -0.292 e. The van der Waals surface area contributed by atoms with E-state index in [1.165, 1.54) is 30.3 Å². The number of sulfonamides is 1. The SMILES string of the molecule is Cc1ccc(S(=O)(=O)N[C@H](c2ccccc2)[C@@H](Cl)C(=O)c2ccc(Cl)c(Cl)c2)cc1. The highest BCUT2D eigenvalue weighted by molar-refractivity contribution is 7.89. The van der Waals surface area contributed by atoms with Crippen LogP contribution in [0.3, 0.4) is 0 Å². The van der Waals surface area contributed by atoms with Gasteiger partial charge < -0.3 is 0 Å².